The first-order valence-corrected chi connectivity index (χ1v) is 6.53. The highest BCUT2D eigenvalue weighted by Crippen LogP contribution is 2.30. The smallest absolute Gasteiger partial charge is 0.409 e. The van der Waals surface area contributed by atoms with Crippen LogP contribution in [-0.2, 0) is 4.84 Å². The molecule has 10 heteroatoms. The standard InChI is InChI=1S/C13H12ClN5O4/c1-22-18-5-8-11(15)16-6-17-12(8)23-7-2-3-10(9(14)4-7)19-13(20)21/h2-6,19H,1H3,(H,20,21)(H2,15,16,17). The number of aromatic nitrogens is 2. The lowest BCUT2D eigenvalue weighted by Crippen LogP contribution is -2.07. The van der Waals surface area contributed by atoms with E-state index in [0.29, 0.717) is 11.3 Å². The molecule has 23 heavy (non-hydrogen) atoms. The van der Waals surface area contributed by atoms with Crippen LogP contribution in [0.5, 0.6) is 11.6 Å². The number of rotatable bonds is 5. The van der Waals surface area contributed by atoms with Gasteiger partial charge in [-0.15, -0.1) is 0 Å². The summed E-state index contributed by atoms with van der Waals surface area (Å²) in [5, 5.41) is 14.6. The van der Waals surface area contributed by atoms with Gasteiger partial charge < -0.3 is 20.4 Å². The number of oxime groups is 1. The predicted octanol–water partition coefficient (Wildman–Crippen LogP) is 2.57. The lowest BCUT2D eigenvalue weighted by molar-refractivity contribution is 0.209. The molecule has 9 nitrogen and oxygen atoms in total. The van der Waals surface area contributed by atoms with E-state index in [1.54, 1.807) is 0 Å². The van der Waals surface area contributed by atoms with Gasteiger partial charge in [0.25, 0.3) is 0 Å². The number of carboxylic acid groups (broad SMARTS) is 1. The molecule has 0 saturated carbocycles. The van der Waals surface area contributed by atoms with Gasteiger partial charge in [-0.2, -0.15) is 0 Å². The third-order valence-electron chi connectivity index (χ3n) is 2.56. The molecule has 120 valence electrons. The first kappa shape index (κ1) is 16.3. The molecule has 0 saturated heterocycles. The Bertz CT molecular complexity index is 753. The maximum Gasteiger partial charge on any atom is 0.409 e. The molecule has 0 aliphatic rings. The summed E-state index contributed by atoms with van der Waals surface area (Å²) in [6.07, 6.45) is 1.32. The fourth-order valence-corrected chi connectivity index (χ4v) is 1.81. The molecular formula is C13H12ClN5O4. The summed E-state index contributed by atoms with van der Waals surface area (Å²) in [6, 6.07) is 4.41. The number of halogens is 1. The monoisotopic (exact) mass is 337 g/mol. The molecule has 0 fully saturated rings. The zero-order valence-corrected chi connectivity index (χ0v) is 12.6. The van der Waals surface area contributed by atoms with E-state index in [0.717, 1.165) is 0 Å². The van der Waals surface area contributed by atoms with Crippen LogP contribution in [0.2, 0.25) is 5.02 Å². The van der Waals surface area contributed by atoms with Gasteiger partial charge in [-0.05, 0) is 12.1 Å². The topological polar surface area (TPSA) is 132 Å². The Morgan fingerprint density at radius 1 is 1.48 bits per heavy atom. The van der Waals surface area contributed by atoms with Gasteiger partial charge in [0.2, 0.25) is 5.88 Å². The third-order valence-corrected chi connectivity index (χ3v) is 2.87. The summed E-state index contributed by atoms with van der Waals surface area (Å²) in [7, 11) is 1.38. The number of hydrogen-bond donors (Lipinski definition) is 3. The highest BCUT2D eigenvalue weighted by atomic mass is 35.5. The summed E-state index contributed by atoms with van der Waals surface area (Å²) in [5.74, 6) is 0.635. The van der Waals surface area contributed by atoms with Gasteiger partial charge in [-0.1, -0.05) is 16.8 Å². The van der Waals surface area contributed by atoms with Gasteiger partial charge in [-0.25, -0.2) is 14.8 Å². The van der Waals surface area contributed by atoms with Crippen LogP contribution >= 0.6 is 11.6 Å². The summed E-state index contributed by atoms with van der Waals surface area (Å²) in [4.78, 5) is 23.0. The average molecular weight is 338 g/mol. The highest BCUT2D eigenvalue weighted by molar-refractivity contribution is 6.33. The van der Waals surface area contributed by atoms with Crippen LogP contribution in [0.3, 0.4) is 0 Å². The number of carbonyl (C=O) groups is 1. The van der Waals surface area contributed by atoms with E-state index >= 15 is 0 Å². The van der Waals surface area contributed by atoms with E-state index in [9.17, 15) is 4.79 Å². The summed E-state index contributed by atoms with van der Waals surface area (Å²) < 4.78 is 5.59. The van der Waals surface area contributed by atoms with Crippen molar-refractivity contribution in [2.75, 3.05) is 18.2 Å². The second kappa shape index (κ2) is 7.27. The Morgan fingerprint density at radius 2 is 2.26 bits per heavy atom. The average Bonchev–Trinajstić information content (AvgIpc) is 2.49. The molecule has 0 aliphatic carbocycles. The van der Waals surface area contributed by atoms with Gasteiger partial charge in [-0.3, -0.25) is 5.32 Å². The normalized spacial score (nSPS) is 10.5. The van der Waals surface area contributed by atoms with Gasteiger partial charge in [0.05, 0.1) is 16.9 Å². The van der Waals surface area contributed by atoms with E-state index in [4.69, 9.17) is 27.2 Å². The maximum absolute atomic E-state index is 10.6. The minimum Gasteiger partial charge on any atom is -0.465 e. The van der Waals surface area contributed by atoms with Crippen molar-refractivity contribution in [1.29, 1.82) is 0 Å². The Hall–Kier alpha value is -3.07. The molecule has 2 rings (SSSR count). The third kappa shape index (κ3) is 4.20. The van der Waals surface area contributed by atoms with E-state index in [1.165, 1.54) is 37.9 Å². The summed E-state index contributed by atoms with van der Waals surface area (Å²) in [6.45, 7) is 0. The zero-order valence-electron chi connectivity index (χ0n) is 11.9. The second-order valence-corrected chi connectivity index (χ2v) is 4.48. The first-order valence-electron chi connectivity index (χ1n) is 6.15. The number of nitrogen functional groups attached to an aromatic ring is 1. The SMILES string of the molecule is CON=Cc1c(N)ncnc1Oc1ccc(NC(=O)O)c(Cl)c1. The van der Waals surface area contributed by atoms with Crippen LogP contribution in [0.4, 0.5) is 16.3 Å². The fourth-order valence-electron chi connectivity index (χ4n) is 1.59. The van der Waals surface area contributed by atoms with Crippen LogP contribution in [0.1, 0.15) is 5.56 Å². The lowest BCUT2D eigenvalue weighted by atomic mass is 10.3. The number of nitrogens with zero attached hydrogens (tertiary/aromatic N) is 3. The Labute approximate surface area is 135 Å². The molecule has 2 aromatic rings. The molecule has 4 N–H and O–H groups in total. The van der Waals surface area contributed by atoms with E-state index in [2.05, 4.69) is 25.3 Å². The van der Waals surface area contributed by atoms with E-state index in [1.807, 2.05) is 0 Å². The Balaban J connectivity index is 2.29. The van der Waals surface area contributed by atoms with Crippen LogP contribution in [0.15, 0.2) is 29.7 Å². The van der Waals surface area contributed by atoms with Crippen LogP contribution < -0.4 is 15.8 Å². The lowest BCUT2D eigenvalue weighted by Gasteiger charge is -2.10. The fraction of sp³-hybridized carbons (Fsp3) is 0.0769. The number of anilines is 2. The molecule has 1 amide bonds. The molecule has 1 heterocycles. The van der Waals surface area contributed by atoms with Crippen molar-refractivity contribution < 1.29 is 19.5 Å². The molecule has 0 unspecified atom stereocenters. The maximum atomic E-state index is 10.6. The molecule has 1 aromatic heterocycles. The number of benzene rings is 1. The van der Waals surface area contributed by atoms with Crippen molar-refractivity contribution in [3.05, 3.63) is 35.1 Å². The Morgan fingerprint density at radius 3 is 2.91 bits per heavy atom. The second-order valence-electron chi connectivity index (χ2n) is 4.07. The van der Waals surface area contributed by atoms with Gasteiger partial charge in [0, 0.05) is 6.07 Å². The van der Waals surface area contributed by atoms with Crippen LogP contribution in [0, 0.1) is 0 Å². The minimum absolute atomic E-state index is 0.147. The number of nitrogens with two attached hydrogens (primary N) is 1. The summed E-state index contributed by atoms with van der Waals surface area (Å²) in [5.41, 5.74) is 6.31. The molecule has 0 radical (unpaired) electrons. The van der Waals surface area contributed by atoms with Crippen molar-refractivity contribution in [2.45, 2.75) is 0 Å². The number of amides is 1. The van der Waals surface area contributed by atoms with Crippen molar-refractivity contribution in [2.24, 2.45) is 5.16 Å². The first-order chi connectivity index (χ1) is 11.0. The van der Waals surface area contributed by atoms with Gasteiger partial charge in [0.1, 0.15) is 30.6 Å². The molecule has 0 atom stereocenters. The Kier molecular flexibility index (Phi) is 5.15. The minimum atomic E-state index is -1.22. The molecular weight excluding hydrogens is 326 g/mol. The molecule has 1 aromatic carbocycles. The largest absolute Gasteiger partial charge is 0.465 e. The number of nitrogens with one attached hydrogen (secondary N) is 1. The highest BCUT2D eigenvalue weighted by Gasteiger charge is 2.12. The van der Waals surface area contributed by atoms with Gasteiger partial charge in [0.15, 0.2) is 0 Å². The van der Waals surface area contributed by atoms with Crippen molar-refractivity contribution in [3.8, 4) is 11.6 Å². The van der Waals surface area contributed by atoms with Crippen molar-refractivity contribution >= 4 is 35.4 Å². The molecule has 0 bridgehead atoms. The van der Waals surface area contributed by atoms with E-state index in [-0.39, 0.29) is 22.4 Å². The van der Waals surface area contributed by atoms with E-state index < -0.39 is 6.09 Å². The number of ether oxygens (including phenoxy) is 1. The van der Waals surface area contributed by atoms with Crippen molar-refractivity contribution in [1.82, 2.24) is 9.97 Å². The quantitative estimate of drug-likeness (QED) is 0.564. The van der Waals surface area contributed by atoms with Gasteiger partial charge >= 0.3 is 6.09 Å². The number of hydrogen-bond acceptors (Lipinski definition) is 7. The predicted molar refractivity (Wildman–Crippen MR) is 84.2 cm³/mol. The summed E-state index contributed by atoms with van der Waals surface area (Å²) >= 11 is 5.98. The zero-order chi connectivity index (χ0) is 16.8. The van der Waals surface area contributed by atoms with Crippen LogP contribution in [0.25, 0.3) is 0 Å². The van der Waals surface area contributed by atoms with Crippen molar-refractivity contribution in [3.63, 3.8) is 0 Å². The molecule has 0 aliphatic heterocycles. The van der Waals surface area contributed by atoms with Crippen LogP contribution in [-0.4, -0.2) is 34.5 Å². The molecule has 0 spiro atoms.